The van der Waals surface area contributed by atoms with Gasteiger partial charge in [-0.15, -0.1) is 0 Å². The van der Waals surface area contributed by atoms with Crippen molar-refractivity contribution < 1.29 is 14.7 Å². The predicted octanol–water partition coefficient (Wildman–Crippen LogP) is 1.28. The van der Waals surface area contributed by atoms with Crippen LogP contribution in [0.2, 0.25) is 0 Å². The number of rotatable bonds is 5. The highest BCUT2D eigenvalue weighted by Gasteiger charge is 2.39. The summed E-state index contributed by atoms with van der Waals surface area (Å²) < 4.78 is 0. The van der Waals surface area contributed by atoms with Gasteiger partial charge in [0.2, 0.25) is 5.91 Å². The van der Waals surface area contributed by atoms with E-state index < -0.39 is 5.60 Å². The maximum Gasteiger partial charge on any atom is 0.238 e. The molecule has 1 saturated heterocycles. The number of Topliss-reactive ketones (excluding diaryl/α,β-unsaturated/α-hetero) is 1. The normalized spacial score (nSPS) is 17.4. The van der Waals surface area contributed by atoms with Crippen molar-refractivity contribution in [3.63, 3.8) is 0 Å². The SMILES string of the molecule is CCC1(O)CN(CC(=O)Nc2ccc(C(C)=O)cc2)C1. The first-order valence-electron chi connectivity index (χ1n) is 6.77. The smallest absolute Gasteiger partial charge is 0.238 e. The van der Waals surface area contributed by atoms with Crippen LogP contribution in [0.4, 0.5) is 5.69 Å². The number of likely N-dealkylation sites (tertiary alicyclic amines) is 1. The third kappa shape index (κ3) is 3.43. The van der Waals surface area contributed by atoms with Gasteiger partial charge in [0.1, 0.15) is 0 Å². The lowest BCUT2D eigenvalue weighted by atomic mass is 9.91. The van der Waals surface area contributed by atoms with E-state index in [1.165, 1.54) is 6.92 Å². The zero-order chi connectivity index (χ0) is 14.8. The average molecular weight is 276 g/mol. The molecule has 108 valence electrons. The summed E-state index contributed by atoms with van der Waals surface area (Å²) in [5.41, 5.74) is 0.675. The molecule has 0 saturated carbocycles. The molecule has 5 heteroatoms. The molecule has 1 aliphatic rings. The number of aliphatic hydroxyl groups is 1. The van der Waals surface area contributed by atoms with Crippen molar-refractivity contribution >= 4 is 17.4 Å². The Labute approximate surface area is 118 Å². The molecule has 20 heavy (non-hydrogen) atoms. The van der Waals surface area contributed by atoms with Gasteiger partial charge >= 0.3 is 0 Å². The zero-order valence-corrected chi connectivity index (χ0v) is 11.8. The minimum atomic E-state index is -0.622. The van der Waals surface area contributed by atoms with E-state index in [0.29, 0.717) is 30.8 Å². The molecular formula is C15H20N2O3. The molecule has 0 spiro atoms. The summed E-state index contributed by atoms with van der Waals surface area (Å²) in [6, 6.07) is 6.81. The number of nitrogens with one attached hydrogen (secondary N) is 1. The number of amides is 1. The largest absolute Gasteiger partial charge is 0.387 e. The third-order valence-corrected chi connectivity index (χ3v) is 3.64. The number of hydrogen-bond acceptors (Lipinski definition) is 4. The van der Waals surface area contributed by atoms with Crippen LogP contribution in [0.3, 0.4) is 0 Å². The van der Waals surface area contributed by atoms with Crippen molar-refractivity contribution in [1.82, 2.24) is 4.90 Å². The number of nitrogens with zero attached hydrogens (tertiary/aromatic N) is 1. The third-order valence-electron chi connectivity index (χ3n) is 3.64. The molecule has 0 bridgehead atoms. The van der Waals surface area contributed by atoms with Crippen molar-refractivity contribution in [2.75, 3.05) is 25.0 Å². The number of β-amino-alcohol motifs (C(OH)–C–C–N with tert-alkyl or cyclic N) is 1. The topological polar surface area (TPSA) is 69.6 Å². The van der Waals surface area contributed by atoms with E-state index >= 15 is 0 Å². The Morgan fingerprint density at radius 1 is 1.30 bits per heavy atom. The maximum atomic E-state index is 11.8. The molecular weight excluding hydrogens is 256 g/mol. The van der Waals surface area contributed by atoms with Crippen LogP contribution in [-0.4, -0.2) is 46.9 Å². The molecule has 5 nitrogen and oxygen atoms in total. The minimum Gasteiger partial charge on any atom is -0.387 e. The molecule has 0 atom stereocenters. The monoisotopic (exact) mass is 276 g/mol. The molecule has 0 unspecified atom stereocenters. The number of hydrogen-bond donors (Lipinski definition) is 2. The standard InChI is InChI=1S/C15H20N2O3/c1-3-15(20)9-17(10-15)8-14(19)16-13-6-4-12(5-7-13)11(2)18/h4-7,20H,3,8-10H2,1-2H3,(H,16,19). The highest BCUT2D eigenvalue weighted by molar-refractivity contribution is 5.96. The molecule has 1 amide bonds. The Hall–Kier alpha value is -1.72. The van der Waals surface area contributed by atoms with Gasteiger partial charge in [-0.05, 0) is 37.6 Å². The number of carbonyl (C=O) groups excluding carboxylic acids is 2. The maximum absolute atomic E-state index is 11.8. The Balaban J connectivity index is 1.82. The van der Waals surface area contributed by atoms with E-state index in [9.17, 15) is 14.7 Å². The van der Waals surface area contributed by atoms with Crippen LogP contribution in [0, 0.1) is 0 Å². The van der Waals surface area contributed by atoms with Crippen LogP contribution >= 0.6 is 0 Å². The van der Waals surface area contributed by atoms with Gasteiger partial charge in [0.15, 0.2) is 5.78 Å². The molecule has 1 aromatic carbocycles. The molecule has 0 radical (unpaired) electrons. The fourth-order valence-electron chi connectivity index (χ4n) is 2.31. The molecule has 2 rings (SSSR count). The number of ketones is 1. The Morgan fingerprint density at radius 3 is 2.40 bits per heavy atom. The summed E-state index contributed by atoms with van der Waals surface area (Å²) in [6.07, 6.45) is 0.706. The van der Waals surface area contributed by atoms with Crippen molar-refractivity contribution in [1.29, 1.82) is 0 Å². The summed E-state index contributed by atoms with van der Waals surface area (Å²) in [5.74, 6) is -0.110. The Kier molecular flexibility index (Phi) is 4.20. The van der Waals surface area contributed by atoms with E-state index in [1.54, 1.807) is 24.3 Å². The van der Waals surface area contributed by atoms with Crippen molar-refractivity contribution in [3.05, 3.63) is 29.8 Å². The van der Waals surface area contributed by atoms with Crippen LogP contribution in [0.1, 0.15) is 30.6 Å². The summed E-state index contributed by atoms with van der Waals surface area (Å²) in [4.78, 5) is 24.9. The molecule has 1 heterocycles. The van der Waals surface area contributed by atoms with E-state index in [4.69, 9.17) is 0 Å². The average Bonchev–Trinajstić information content (AvgIpc) is 2.37. The fourth-order valence-corrected chi connectivity index (χ4v) is 2.31. The highest BCUT2D eigenvalue weighted by atomic mass is 16.3. The summed E-state index contributed by atoms with van der Waals surface area (Å²) in [7, 11) is 0. The van der Waals surface area contributed by atoms with Crippen LogP contribution in [0.5, 0.6) is 0 Å². The van der Waals surface area contributed by atoms with E-state index in [1.807, 2.05) is 11.8 Å². The van der Waals surface area contributed by atoms with Gasteiger partial charge in [0, 0.05) is 24.3 Å². The van der Waals surface area contributed by atoms with Crippen molar-refractivity contribution in [2.24, 2.45) is 0 Å². The first-order chi connectivity index (χ1) is 9.42. The molecule has 1 aliphatic heterocycles. The lowest BCUT2D eigenvalue weighted by molar-refractivity contribution is -0.128. The van der Waals surface area contributed by atoms with Crippen LogP contribution < -0.4 is 5.32 Å². The van der Waals surface area contributed by atoms with Crippen molar-refractivity contribution in [3.8, 4) is 0 Å². The fraction of sp³-hybridized carbons (Fsp3) is 0.467. The second kappa shape index (κ2) is 5.73. The van der Waals surface area contributed by atoms with Crippen LogP contribution in [-0.2, 0) is 4.79 Å². The van der Waals surface area contributed by atoms with Gasteiger partial charge in [0.05, 0.1) is 12.1 Å². The van der Waals surface area contributed by atoms with Gasteiger partial charge in [-0.25, -0.2) is 0 Å². The Bertz CT molecular complexity index is 504. The quantitative estimate of drug-likeness (QED) is 0.795. The van der Waals surface area contributed by atoms with E-state index in [-0.39, 0.29) is 18.2 Å². The molecule has 0 aromatic heterocycles. The molecule has 2 N–H and O–H groups in total. The Morgan fingerprint density at radius 2 is 1.90 bits per heavy atom. The second-order valence-electron chi connectivity index (χ2n) is 5.40. The predicted molar refractivity (Wildman–Crippen MR) is 76.8 cm³/mol. The highest BCUT2D eigenvalue weighted by Crippen LogP contribution is 2.23. The van der Waals surface area contributed by atoms with Gasteiger partial charge in [0.25, 0.3) is 0 Å². The first kappa shape index (κ1) is 14.7. The number of anilines is 1. The number of carbonyl (C=O) groups is 2. The van der Waals surface area contributed by atoms with Gasteiger partial charge in [-0.2, -0.15) is 0 Å². The summed E-state index contributed by atoms with van der Waals surface area (Å²) in [6.45, 7) is 4.80. The number of benzene rings is 1. The van der Waals surface area contributed by atoms with Crippen LogP contribution in [0.15, 0.2) is 24.3 Å². The molecule has 1 aromatic rings. The van der Waals surface area contributed by atoms with Gasteiger partial charge < -0.3 is 10.4 Å². The first-order valence-corrected chi connectivity index (χ1v) is 6.77. The summed E-state index contributed by atoms with van der Waals surface area (Å²) >= 11 is 0. The summed E-state index contributed by atoms with van der Waals surface area (Å²) in [5, 5.41) is 12.6. The van der Waals surface area contributed by atoms with Crippen molar-refractivity contribution in [2.45, 2.75) is 25.9 Å². The zero-order valence-electron chi connectivity index (χ0n) is 11.8. The van der Waals surface area contributed by atoms with E-state index in [0.717, 1.165) is 0 Å². The van der Waals surface area contributed by atoms with Crippen LogP contribution in [0.25, 0.3) is 0 Å². The van der Waals surface area contributed by atoms with E-state index in [2.05, 4.69) is 5.32 Å². The van der Waals surface area contributed by atoms with Gasteiger partial charge in [-0.1, -0.05) is 6.92 Å². The lowest BCUT2D eigenvalue weighted by Gasteiger charge is -2.45. The molecule has 0 aliphatic carbocycles. The second-order valence-corrected chi connectivity index (χ2v) is 5.40. The van der Waals surface area contributed by atoms with Gasteiger partial charge in [-0.3, -0.25) is 14.5 Å². The lowest BCUT2D eigenvalue weighted by Crippen LogP contribution is -2.62. The minimum absolute atomic E-state index is 0.00214. The molecule has 1 fully saturated rings.